The van der Waals surface area contributed by atoms with Crippen LogP contribution in [0, 0.1) is 0 Å². The van der Waals surface area contributed by atoms with Crippen LogP contribution in [0.1, 0.15) is 6.92 Å². The maximum atomic E-state index is 11.9. The molecule has 1 heterocycles. The normalized spacial score (nSPS) is 23.6. The highest BCUT2D eigenvalue weighted by Crippen LogP contribution is 2.36. The number of aliphatic carboxylic acids is 1. The molecule has 1 aliphatic rings. The van der Waals surface area contributed by atoms with Crippen molar-refractivity contribution in [1.29, 1.82) is 0 Å². The summed E-state index contributed by atoms with van der Waals surface area (Å²) in [6.45, 7) is 1.25. The predicted octanol–water partition coefficient (Wildman–Crippen LogP) is 0.885. The van der Waals surface area contributed by atoms with Crippen LogP contribution in [0.5, 0.6) is 5.75 Å². The summed E-state index contributed by atoms with van der Waals surface area (Å²) >= 11 is 0. The van der Waals surface area contributed by atoms with Gasteiger partial charge < -0.3 is 14.7 Å². The van der Waals surface area contributed by atoms with Crippen LogP contribution in [0.2, 0.25) is 0 Å². The molecule has 16 heavy (non-hydrogen) atoms. The van der Waals surface area contributed by atoms with Gasteiger partial charge in [-0.1, -0.05) is 12.1 Å². The number of benzene rings is 1. The number of likely N-dealkylation sites (N-methyl/N-ethyl adjacent to an activating group) is 1. The fourth-order valence-corrected chi connectivity index (χ4v) is 1.65. The number of anilines is 1. The minimum Gasteiger partial charge on any atom is -0.478 e. The third-order valence-electron chi connectivity index (χ3n) is 2.66. The van der Waals surface area contributed by atoms with Crippen LogP contribution in [0.3, 0.4) is 0 Å². The van der Waals surface area contributed by atoms with E-state index < -0.39 is 17.5 Å². The fourth-order valence-electron chi connectivity index (χ4n) is 1.65. The summed E-state index contributed by atoms with van der Waals surface area (Å²) < 4.78 is 5.27. The van der Waals surface area contributed by atoms with E-state index in [0.717, 1.165) is 0 Å². The Balaban J connectivity index is 2.55. The van der Waals surface area contributed by atoms with Crippen LogP contribution in [0.15, 0.2) is 24.3 Å². The van der Waals surface area contributed by atoms with Gasteiger partial charge in [0.1, 0.15) is 5.75 Å². The van der Waals surface area contributed by atoms with Gasteiger partial charge in [-0.25, -0.2) is 4.79 Å². The molecular formula is C11H11NO4. The van der Waals surface area contributed by atoms with Crippen LogP contribution in [0.4, 0.5) is 5.69 Å². The summed E-state index contributed by atoms with van der Waals surface area (Å²) in [6, 6.07) is 6.83. The predicted molar refractivity (Wildman–Crippen MR) is 56.5 cm³/mol. The topological polar surface area (TPSA) is 66.8 Å². The molecule has 1 aromatic carbocycles. The Labute approximate surface area is 92.2 Å². The van der Waals surface area contributed by atoms with Gasteiger partial charge in [-0.05, 0) is 19.1 Å². The number of ether oxygens (including phenoxy) is 1. The molecule has 0 aromatic heterocycles. The van der Waals surface area contributed by atoms with E-state index in [2.05, 4.69) is 0 Å². The molecule has 0 saturated carbocycles. The number of rotatable bonds is 1. The molecule has 1 unspecified atom stereocenters. The van der Waals surface area contributed by atoms with E-state index in [4.69, 9.17) is 9.84 Å². The van der Waals surface area contributed by atoms with Crippen LogP contribution in [0.25, 0.3) is 0 Å². The van der Waals surface area contributed by atoms with Crippen molar-refractivity contribution in [3.8, 4) is 5.75 Å². The molecule has 0 spiro atoms. The molecule has 1 amide bonds. The molecule has 0 fully saturated rings. The number of carbonyl (C=O) groups excluding carboxylic acids is 1. The summed E-state index contributed by atoms with van der Waals surface area (Å²) in [5.74, 6) is -1.48. The fraction of sp³-hybridized carbons (Fsp3) is 0.273. The van der Waals surface area contributed by atoms with Gasteiger partial charge in [0, 0.05) is 7.05 Å². The van der Waals surface area contributed by atoms with Gasteiger partial charge in [0.25, 0.3) is 11.5 Å². The molecule has 1 aromatic rings. The minimum absolute atomic E-state index is 0.398. The van der Waals surface area contributed by atoms with Crippen molar-refractivity contribution in [2.24, 2.45) is 0 Å². The second kappa shape index (κ2) is 3.23. The SMILES string of the molecule is CN1C(=O)C(C)(C(=O)O)Oc2ccccc21. The highest BCUT2D eigenvalue weighted by Gasteiger charge is 2.49. The Morgan fingerprint density at radius 2 is 2.06 bits per heavy atom. The van der Waals surface area contributed by atoms with Gasteiger partial charge >= 0.3 is 5.97 Å². The third kappa shape index (κ3) is 1.25. The van der Waals surface area contributed by atoms with Crippen molar-refractivity contribution in [3.05, 3.63) is 24.3 Å². The largest absolute Gasteiger partial charge is 0.478 e. The molecule has 5 nitrogen and oxygen atoms in total. The first kappa shape index (κ1) is 10.5. The first-order valence-corrected chi connectivity index (χ1v) is 4.76. The highest BCUT2D eigenvalue weighted by molar-refractivity contribution is 6.14. The Bertz CT molecular complexity index is 471. The van der Waals surface area contributed by atoms with Crippen molar-refractivity contribution >= 4 is 17.6 Å². The molecule has 2 rings (SSSR count). The molecule has 1 N–H and O–H groups in total. The molecule has 0 radical (unpaired) electrons. The van der Waals surface area contributed by atoms with E-state index in [1.807, 2.05) is 0 Å². The highest BCUT2D eigenvalue weighted by atomic mass is 16.5. The Hall–Kier alpha value is -2.04. The standard InChI is InChI=1S/C11H11NO4/c1-11(10(14)15)9(13)12(2)7-5-3-4-6-8(7)16-11/h3-6H,1-2H3,(H,14,15). The number of amides is 1. The lowest BCUT2D eigenvalue weighted by Crippen LogP contribution is -2.57. The van der Waals surface area contributed by atoms with E-state index in [1.54, 1.807) is 24.3 Å². The number of carboxylic acid groups (broad SMARTS) is 1. The van der Waals surface area contributed by atoms with Crippen LogP contribution in [-0.4, -0.2) is 29.6 Å². The van der Waals surface area contributed by atoms with Crippen molar-refractivity contribution in [2.75, 3.05) is 11.9 Å². The lowest BCUT2D eigenvalue weighted by Gasteiger charge is -2.36. The van der Waals surface area contributed by atoms with Crippen LogP contribution < -0.4 is 9.64 Å². The number of fused-ring (bicyclic) bond motifs is 1. The van der Waals surface area contributed by atoms with E-state index in [-0.39, 0.29) is 0 Å². The number of hydrogen-bond acceptors (Lipinski definition) is 3. The maximum absolute atomic E-state index is 11.9. The molecule has 1 aliphatic heterocycles. The molecule has 0 bridgehead atoms. The van der Waals surface area contributed by atoms with E-state index in [9.17, 15) is 9.59 Å². The van der Waals surface area contributed by atoms with Gasteiger partial charge in [-0.2, -0.15) is 0 Å². The zero-order valence-electron chi connectivity index (χ0n) is 8.93. The second-order valence-corrected chi connectivity index (χ2v) is 3.77. The first-order valence-electron chi connectivity index (χ1n) is 4.76. The lowest BCUT2D eigenvalue weighted by atomic mass is 10.0. The molecule has 5 heteroatoms. The third-order valence-corrected chi connectivity index (χ3v) is 2.66. The zero-order valence-corrected chi connectivity index (χ0v) is 8.93. The Morgan fingerprint density at radius 3 is 2.69 bits per heavy atom. The zero-order chi connectivity index (χ0) is 11.9. The minimum atomic E-state index is -1.84. The molecule has 1 atom stereocenters. The molecule has 0 saturated heterocycles. The van der Waals surface area contributed by atoms with Crippen LogP contribution >= 0.6 is 0 Å². The van der Waals surface area contributed by atoms with Crippen molar-refractivity contribution in [2.45, 2.75) is 12.5 Å². The number of nitrogens with zero attached hydrogens (tertiary/aromatic N) is 1. The lowest BCUT2D eigenvalue weighted by molar-refractivity contribution is -0.160. The number of carboxylic acids is 1. The second-order valence-electron chi connectivity index (χ2n) is 3.77. The summed E-state index contributed by atoms with van der Waals surface area (Å²) in [5, 5.41) is 9.04. The van der Waals surface area contributed by atoms with Gasteiger partial charge in [-0.3, -0.25) is 4.79 Å². The van der Waals surface area contributed by atoms with E-state index in [1.165, 1.54) is 18.9 Å². The molecule has 0 aliphatic carbocycles. The summed E-state index contributed by atoms with van der Waals surface area (Å²) in [6.07, 6.45) is 0. The van der Waals surface area contributed by atoms with E-state index >= 15 is 0 Å². The summed E-state index contributed by atoms with van der Waals surface area (Å²) in [5.41, 5.74) is -1.27. The van der Waals surface area contributed by atoms with Gasteiger partial charge in [0.15, 0.2) is 0 Å². The summed E-state index contributed by atoms with van der Waals surface area (Å²) in [4.78, 5) is 24.2. The number of hydrogen-bond donors (Lipinski definition) is 1. The van der Waals surface area contributed by atoms with E-state index in [0.29, 0.717) is 11.4 Å². The summed E-state index contributed by atoms with van der Waals surface area (Å²) in [7, 11) is 1.53. The Morgan fingerprint density at radius 1 is 1.44 bits per heavy atom. The van der Waals surface area contributed by atoms with Crippen molar-refractivity contribution in [1.82, 2.24) is 0 Å². The van der Waals surface area contributed by atoms with Crippen LogP contribution in [-0.2, 0) is 9.59 Å². The van der Waals surface area contributed by atoms with Crippen molar-refractivity contribution < 1.29 is 19.4 Å². The quantitative estimate of drug-likeness (QED) is 0.715. The van der Waals surface area contributed by atoms with Gasteiger partial charge in [-0.15, -0.1) is 0 Å². The monoisotopic (exact) mass is 221 g/mol. The van der Waals surface area contributed by atoms with Gasteiger partial charge in [0.2, 0.25) is 0 Å². The number of para-hydroxylation sites is 2. The van der Waals surface area contributed by atoms with Crippen molar-refractivity contribution in [3.63, 3.8) is 0 Å². The number of carbonyl (C=O) groups is 2. The first-order chi connectivity index (χ1) is 7.47. The maximum Gasteiger partial charge on any atom is 0.357 e. The smallest absolute Gasteiger partial charge is 0.357 e. The molecule has 84 valence electrons. The molecular weight excluding hydrogens is 210 g/mol. The Kier molecular flexibility index (Phi) is 2.11. The average molecular weight is 221 g/mol. The average Bonchev–Trinajstić information content (AvgIpc) is 2.26. The van der Waals surface area contributed by atoms with Gasteiger partial charge in [0.05, 0.1) is 5.69 Å².